The molecule has 2 aromatic rings. The van der Waals surface area contributed by atoms with Crippen molar-refractivity contribution in [1.29, 1.82) is 0 Å². The largest absolute Gasteiger partial charge is 0.497 e. The number of carbonyl (C=O) groups is 1. The third-order valence-corrected chi connectivity index (χ3v) is 2.44. The molecule has 0 amide bonds. The Balaban J connectivity index is 2.59. The minimum atomic E-state index is -0.767. The van der Waals surface area contributed by atoms with Crippen molar-refractivity contribution in [3.05, 3.63) is 47.8 Å². The van der Waals surface area contributed by atoms with Crippen LogP contribution < -0.4 is 4.74 Å². The Kier molecular flexibility index (Phi) is 3.32. The summed E-state index contributed by atoms with van der Waals surface area (Å²) in [7, 11) is 1.32. The Labute approximate surface area is 102 Å². The first-order valence-corrected chi connectivity index (χ1v) is 5.09. The highest BCUT2D eigenvalue weighted by molar-refractivity contribution is 5.78. The molecule has 0 saturated heterocycles. The zero-order valence-electron chi connectivity index (χ0n) is 9.48. The number of hydrogen-bond donors (Lipinski definition) is 0. The minimum absolute atomic E-state index is 0.0910. The molecule has 1 aromatic heterocycles. The highest BCUT2D eigenvalue weighted by atomic mass is 19.1. The Morgan fingerprint density at radius 2 is 1.83 bits per heavy atom. The number of ether oxygens (including phenoxy) is 1. The fourth-order valence-corrected chi connectivity index (χ4v) is 1.60. The molecule has 1 aromatic carbocycles. The number of benzene rings is 1. The monoisotopic (exact) mass is 249 g/mol. The van der Waals surface area contributed by atoms with E-state index in [0.717, 1.165) is 12.1 Å². The van der Waals surface area contributed by atoms with E-state index < -0.39 is 11.6 Å². The Morgan fingerprint density at radius 1 is 1.17 bits per heavy atom. The first kappa shape index (κ1) is 12.2. The van der Waals surface area contributed by atoms with Crippen LogP contribution in [-0.2, 0) is 0 Å². The zero-order valence-corrected chi connectivity index (χ0v) is 9.48. The van der Waals surface area contributed by atoms with Gasteiger partial charge in [-0.05, 0) is 6.07 Å². The molecule has 0 N–H and O–H groups in total. The Hall–Kier alpha value is -2.30. The summed E-state index contributed by atoms with van der Waals surface area (Å²) in [5.41, 5.74) is 0.228. The zero-order chi connectivity index (χ0) is 13.1. The molecule has 3 nitrogen and oxygen atoms in total. The summed E-state index contributed by atoms with van der Waals surface area (Å²) < 4.78 is 32.3. The first-order valence-electron chi connectivity index (χ1n) is 5.09. The molecule has 0 unspecified atom stereocenters. The first-order chi connectivity index (χ1) is 8.65. The van der Waals surface area contributed by atoms with Gasteiger partial charge in [0.15, 0.2) is 6.29 Å². The maximum Gasteiger partial charge on any atom is 0.151 e. The van der Waals surface area contributed by atoms with Gasteiger partial charge in [-0.25, -0.2) is 8.78 Å². The number of methoxy groups -OCH3 is 1. The van der Waals surface area contributed by atoms with Crippen molar-refractivity contribution in [2.45, 2.75) is 0 Å². The summed E-state index contributed by atoms with van der Waals surface area (Å²) in [5, 5.41) is 0. The molecule has 0 aliphatic heterocycles. The van der Waals surface area contributed by atoms with Crippen molar-refractivity contribution < 1.29 is 18.3 Å². The third-order valence-electron chi connectivity index (χ3n) is 2.44. The number of aldehydes is 1. The molecule has 0 atom stereocenters. The Morgan fingerprint density at radius 3 is 2.39 bits per heavy atom. The van der Waals surface area contributed by atoms with Gasteiger partial charge < -0.3 is 4.74 Å². The van der Waals surface area contributed by atoms with E-state index in [2.05, 4.69) is 4.98 Å². The van der Waals surface area contributed by atoms with Crippen LogP contribution in [0.15, 0.2) is 30.6 Å². The van der Waals surface area contributed by atoms with Gasteiger partial charge in [-0.2, -0.15) is 0 Å². The summed E-state index contributed by atoms with van der Waals surface area (Å²) in [6.07, 6.45) is 3.17. The van der Waals surface area contributed by atoms with Crippen molar-refractivity contribution in [3.63, 3.8) is 0 Å². The smallest absolute Gasteiger partial charge is 0.151 e. The van der Waals surface area contributed by atoms with Gasteiger partial charge in [-0.1, -0.05) is 0 Å². The summed E-state index contributed by atoms with van der Waals surface area (Å²) in [5.74, 6) is -1.44. The van der Waals surface area contributed by atoms with E-state index in [-0.39, 0.29) is 22.4 Å². The maximum atomic E-state index is 13.8. The molecule has 0 bridgehead atoms. The molecule has 92 valence electrons. The summed E-state index contributed by atoms with van der Waals surface area (Å²) in [4.78, 5) is 14.4. The third kappa shape index (κ3) is 2.20. The van der Waals surface area contributed by atoms with Crippen LogP contribution in [0.2, 0.25) is 0 Å². The van der Waals surface area contributed by atoms with Crippen LogP contribution in [0.3, 0.4) is 0 Å². The van der Waals surface area contributed by atoms with Gasteiger partial charge in [-0.3, -0.25) is 9.78 Å². The predicted molar refractivity (Wildman–Crippen MR) is 61.5 cm³/mol. The normalized spacial score (nSPS) is 10.2. The number of aromatic nitrogens is 1. The number of halogens is 2. The van der Waals surface area contributed by atoms with Gasteiger partial charge in [0, 0.05) is 35.7 Å². The highest BCUT2D eigenvalue weighted by Crippen LogP contribution is 2.29. The second-order valence-corrected chi connectivity index (χ2v) is 3.59. The van der Waals surface area contributed by atoms with E-state index in [9.17, 15) is 13.6 Å². The molecule has 18 heavy (non-hydrogen) atoms. The van der Waals surface area contributed by atoms with Gasteiger partial charge in [-0.15, -0.1) is 0 Å². The molecule has 0 aliphatic rings. The lowest BCUT2D eigenvalue weighted by Crippen LogP contribution is -1.94. The van der Waals surface area contributed by atoms with Crippen molar-refractivity contribution in [2.24, 2.45) is 0 Å². The van der Waals surface area contributed by atoms with Crippen LogP contribution in [0.5, 0.6) is 5.75 Å². The maximum absolute atomic E-state index is 13.8. The molecular formula is C13H9F2NO2. The molecule has 0 fully saturated rings. The minimum Gasteiger partial charge on any atom is -0.497 e. The molecule has 1 heterocycles. The van der Waals surface area contributed by atoms with Gasteiger partial charge in [0.1, 0.15) is 17.4 Å². The molecule has 0 saturated carbocycles. The molecule has 5 heteroatoms. The van der Waals surface area contributed by atoms with Crippen LogP contribution in [0.1, 0.15) is 10.4 Å². The number of hydrogen-bond acceptors (Lipinski definition) is 3. The lowest BCUT2D eigenvalue weighted by molar-refractivity contribution is 0.112. The van der Waals surface area contributed by atoms with E-state index in [0.29, 0.717) is 6.29 Å². The predicted octanol–water partition coefficient (Wildman–Crippen LogP) is 2.85. The summed E-state index contributed by atoms with van der Waals surface area (Å²) in [6, 6.07) is 3.52. The summed E-state index contributed by atoms with van der Waals surface area (Å²) in [6.45, 7) is 0. The summed E-state index contributed by atoms with van der Waals surface area (Å²) >= 11 is 0. The Bertz CT molecular complexity index is 576. The van der Waals surface area contributed by atoms with E-state index in [1.807, 2.05) is 0 Å². The topological polar surface area (TPSA) is 39.2 Å². The standard InChI is InChI=1S/C13H9F2NO2/c1-18-10-3-11(14)13(12(15)4-10)9-2-8(7-17)5-16-6-9/h2-7H,1H3. The van der Waals surface area contributed by atoms with Crippen molar-refractivity contribution >= 4 is 6.29 Å². The SMILES string of the molecule is COc1cc(F)c(-c2cncc(C=O)c2)c(F)c1. The van der Waals surface area contributed by atoms with E-state index in [1.165, 1.54) is 25.6 Å². The molecule has 0 aliphatic carbocycles. The second-order valence-electron chi connectivity index (χ2n) is 3.59. The number of carbonyl (C=O) groups excluding carboxylic acids is 1. The van der Waals surface area contributed by atoms with Crippen LogP contribution in [0, 0.1) is 11.6 Å². The van der Waals surface area contributed by atoms with Gasteiger partial charge in [0.05, 0.1) is 12.7 Å². The average molecular weight is 249 g/mol. The fraction of sp³-hybridized carbons (Fsp3) is 0.0769. The lowest BCUT2D eigenvalue weighted by Gasteiger charge is -2.07. The van der Waals surface area contributed by atoms with E-state index >= 15 is 0 Å². The molecule has 2 rings (SSSR count). The molecular weight excluding hydrogens is 240 g/mol. The van der Waals surface area contributed by atoms with E-state index in [4.69, 9.17) is 4.74 Å². The lowest BCUT2D eigenvalue weighted by atomic mass is 10.0. The van der Waals surface area contributed by atoms with Crippen molar-refractivity contribution in [2.75, 3.05) is 7.11 Å². The van der Waals surface area contributed by atoms with Crippen LogP contribution >= 0.6 is 0 Å². The van der Waals surface area contributed by atoms with Crippen LogP contribution in [0.25, 0.3) is 11.1 Å². The molecule has 0 radical (unpaired) electrons. The molecule has 0 spiro atoms. The number of pyridine rings is 1. The highest BCUT2D eigenvalue weighted by Gasteiger charge is 2.14. The van der Waals surface area contributed by atoms with Crippen molar-refractivity contribution in [1.82, 2.24) is 4.98 Å². The second kappa shape index (κ2) is 4.91. The van der Waals surface area contributed by atoms with E-state index in [1.54, 1.807) is 0 Å². The number of nitrogens with zero attached hydrogens (tertiary/aromatic N) is 1. The quantitative estimate of drug-likeness (QED) is 0.785. The van der Waals surface area contributed by atoms with Gasteiger partial charge in [0.2, 0.25) is 0 Å². The van der Waals surface area contributed by atoms with Crippen molar-refractivity contribution in [3.8, 4) is 16.9 Å². The number of rotatable bonds is 3. The van der Waals surface area contributed by atoms with Crippen LogP contribution in [-0.4, -0.2) is 18.4 Å². The van der Waals surface area contributed by atoms with Gasteiger partial charge in [0.25, 0.3) is 0 Å². The average Bonchev–Trinajstić information content (AvgIpc) is 2.38. The van der Waals surface area contributed by atoms with Crippen LogP contribution in [0.4, 0.5) is 8.78 Å². The fourth-order valence-electron chi connectivity index (χ4n) is 1.60. The van der Waals surface area contributed by atoms with Gasteiger partial charge >= 0.3 is 0 Å².